The maximum atomic E-state index is 6.18. The molecule has 1 radical (unpaired) electrons. The molecule has 0 aliphatic rings. The first-order valence-corrected chi connectivity index (χ1v) is 14.6. The van der Waals surface area contributed by atoms with Crippen LogP contribution in [0.5, 0.6) is 0 Å². The van der Waals surface area contributed by atoms with Crippen LogP contribution in [-0.4, -0.2) is 15.0 Å². The van der Waals surface area contributed by atoms with E-state index in [0.29, 0.717) is 5.71 Å². The van der Waals surface area contributed by atoms with Crippen LogP contribution >= 0.6 is 0 Å². The topological polar surface area (TPSA) is 51.8 Å². The van der Waals surface area contributed by atoms with Gasteiger partial charge in [-0.15, -0.1) is 54.1 Å². The van der Waals surface area contributed by atoms with Crippen LogP contribution in [0, 0.1) is 32.9 Å². The molecule has 0 aliphatic carbocycles. The Labute approximate surface area is 276 Å². The van der Waals surface area contributed by atoms with Gasteiger partial charge in [0.15, 0.2) is 0 Å². The zero-order valence-electron chi connectivity index (χ0n) is 25.1. The maximum Gasteiger partial charge on any atom is 0.216 e. The van der Waals surface area contributed by atoms with Crippen LogP contribution in [0.15, 0.2) is 126 Å². The van der Waals surface area contributed by atoms with Crippen molar-refractivity contribution < 1.29 is 24.5 Å². The molecule has 4 heterocycles. The van der Waals surface area contributed by atoms with E-state index in [1.807, 2.05) is 73.8 Å². The van der Waals surface area contributed by atoms with Crippen molar-refractivity contribution in [3.05, 3.63) is 151 Å². The van der Waals surface area contributed by atoms with Crippen molar-refractivity contribution >= 4 is 32.8 Å². The second-order valence-corrected chi connectivity index (χ2v) is 10.9. The van der Waals surface area contributed by atoms with Crippen LogP contribution in [0.1, 0.15) is 16.8 Å². The number of furan rings is 1. The molecule has 0 N–H and O–H groups in total. The van der Waals surface area contributed by atoms with E-state index in [-0.39, 0.29) is 20.1 Å². The van der Waals surface area contributed by atoms with Gasteiger partial charge >= 0.3 is 0 Å². The molecule has 0 amide bonds. The molecule has 8 rings (SSSR count). The number of hydrogen-bond donors (Lipinski definition) is 0. The fraction of sp³-hybridized carbons (Fsp3) is 0.0750. The van der Waals surface area contributed by atoms with Crippen molar-refractivity contribution in [1.82, 2.24) is 15.0 Å². The number of rotatable bonds is 3. The summed E-state index contributed by atoms with van der Waals surface area (Å²) in [5.74, 6) is 0. The van der Waals surface area contributed by atoms with Crippen molar-refractivity contribution in [2.45, 2.75) is 20.8 Å². The molecule has 4 aromatic carbocycles. The van der Waals surface area contributed by atoms with Gasteiger partial charge < -0.3 is 14.4 Å². The average molecular weight is 760 g/mol. The molecule has 0 bridgehead atoms. The number of aryl methyl sites for hydroxylation is 3. The number of fused-ring (bicyclic) bond motifs is 4. The van der Waals surface area contributed by atoms with E-state index in [0.717, 1.165) is 55.7 Å². The Morgan fingerprint density at radius 2 is 1.51 bits per heavy atom. The zero-order chi connectivity index (χ0) is 30.0. The summed E-state index contributed by atoms with van der Waals surface area (Å²) in [7, 11) is 0. The molecule has 5 heteroatoms. The fourth-order valence-corrected chi connectivity index (χ4v) is 5.48. The minimum absolute atomic E-state index is 0. The quantitative estimate of drug-likeness (QED) is 0.168. The van der Waals surface area contributed by atoms with Crippen molar-refractivity contribution in [3.8, 4) is 33.6 Å². The number of pyridine rings is 3. The SMILES string of the molecule is Cc1ccc2cc(-c3cc(-c4[c-]ccc5c4oc4nc(C)ccc45)ncc3C)ccc2c1.[Ir].[c-]1ccccc1-c1ccccn1. The molecule has 0 spiro atoms. The monoisotopic (exact) mass is 760 g/mol. The summed E-state index contributed by atoms with van der Waals surface area (Å²) in [5, 5.41) is 4.53. The summed E-state index contributed by atoms with van der Waals surface area (Å²) in [5.41, 5.74) is 10.8. The standard InChI is InChI=1S/C29H21N2O.C11H8N.Ir/c1-17-7-9-21-14-22(11-10-20(21)13-17)26-15-27(30-16-18(26)2)25-6-4-5-23-24-12-8-19(3)31-29(24)32-28(23)25;1-2-6-10(7-3-1)11-8-4-5-9-12-11;/h4-5,7-16H,1-3H3;1-6,8-9H;/q2*-1;. The molecule has 0 fully saturated rings. The largest absolute Gasteiger partial charge is 0.486 e. The van der Waals surface area contributed by atoms with E-state index >= 15 is 0 Å². The fourth-order valence-electron chi connectivity index (χ4n) is 5.48. The molecule has 4 aromatic heterocycles. The van der Waals surface area contributed by atoms with Crippen molar-refractivity contribution in [2.75, 3.05) is 0 Å². The van der Waals surface area contributed by atoms with Crippen molar-refractivity contribution in [1.29, 1.82) is 0 Å². The molecule has 8 aromatic rings. The second kappa shape index (κ2) is 13.0. The van der Waals surface area contributed by atoms with Gasteiger partial charge in [-0.25, -0.2) is 4.98 Å². The predicted octanol–water partition coefficient (Wildman–Crippen LogP) is 10.1. The Hall–Kier alpha value is -4.96. The minimum Gasteiger partial charge on any atom is -0.486 e. The molecule has 0 atom stereocenters. The van der Waals surface area contributed by atoms with Crippen LogP contribution < -0.4 is 0 Å². The molecule has 0 aliphatic heterocycles. The third-order valence-corrected chi connectivity index (χ3v) is 7.75. The van der Waals surface area contributed by atoms with Crippen LogP contribution in [0.3, 0.4) is 0 Å². The van der Waals surface area contributed by atoms with Gasteiger partial charge in [-0.1, -0.05) is 65.0 Å². The number of hydrogen-bond acceptors (Lipinski definition) is 4. The molecule has 4 nitrogen and oxygen atoms in total. The van der Waals surface area contributed by atoms with E-state index < -0.39 is 0 Å². The first kappa shape index (κ1) is 30.1. The normalized spacial score (nSPS) is 10.8. The molecule has 45 heavy (non-hydrogen) atoms. The Balaban J connectivity index is 0.000000231. The minimum atomic E-state index is 0. The zero-order valence-corrected chi connectivity index (χ0v) is 27.5. The van der Waals surface area contributed by atoms with Gasteiger partial charge in [0.1, 0.15) is 0 Å². The number of aromatic nitrogens is 3. The first-order chi connectivity index (χ1) is 21.5. The van der Waals surface area contributed by atoms with Crippen LogP contribution in [0.2, 0.25) is 0 Å². The van der Waals surface area contributed by atoms with Crippen LogP contribution in [-0.2, 0) is 20.1 Å². The third-order valence-electron chi connectivity index (χ3n) is 7.75. The van der Waals surface area contributed by atoms with Gasteiger partial charge in [0.05, 0.1) is 5.58 Å². The Kier molecular flexibility index (Phi) is 8.66. The van der Waals surface area contributed by atoms with E-state index in [9.17, 15) is 0 Å². The third kappa shape index (κ3) is 6.19. The molecular weight excluding hydrogens is 731 g/mol. The van der Waals surface area contributed by atoms with Crippen LogP contribution in [0.4, 0.5) is 0 Å². The van der Waals surface area contributed by atoms with Gasteiger partial charge in [-0.2, -0.15) is 0 Å². The number of nitrogens with zero attached hydrogens (tertiary/aromatic N) is 3. The van der Waals surface area contributed by atoms with Gasteiger partial charge in [0.2, 0.25) is 5.71 Å². The van der Waals surface area contributed by atoms with Gasteiger partial charge in [0, 0.05) is 43.6 Å². The van der Waals surface area contributed by atoms with E-state index in [1.54, 1.807) is 6.20 Å². The molecule has 0 saturated carbocycles. The summed E-state index contributed by atoms with van der Waals surface area (Å²) in [6, 6.07) is 43.5. The summed E-state index contributed by atoms with van der Waals surface area (Å²) < 4.78 is 6.18. The van der Waals surface area contributed by atoms with E-state index in [1.165, 1.54) is 21.9 Å². The molecule has 0 saturated heterocycles. The Morgan fingerprint density at radius 1 is 0.667 bits per heavy atom. The van der Waals surface area contributed by atoms with Gasteiger partial charge in [-0.3, -0.25) is 0 Å². The summed E-state index contributed by atoms with van der Waals surface area (Å²) in [6.45, 7) is 6.20. The first-order valence-electron chi connectivity index (χ1n) is 14.6. The molecule has 221 valence electrons. The summed E-state index contributed by atoms with van der Waals surface area (Å²) >= 11 is 0. The average Bonchev–Trinajstić information content (AvgIpc) is 3.44. The van der Waals surface area contributed by atoms with Crippen molar-refractivity contribution in [3.63, 3.8) is 0 Å². The van der Waals surface area contributed by atoms with Crippen LogP contribution in [0.25, 0.3) is 66.5 Å². The Bertz CT molecular complexity index is 2220. The molecular formula is C40H29IrN3O-2. The van der Waals surface area contributed by atoms with Gasteiger partial charge in [0.25, 0.3) is 0 Å². The van der Waals surface area contributed by atoms with Gasteiger partial charge in [-0.05, 0) is 83.9 Å². The second-order valence-electron chi connectivity index (χ2n) is 10.9. The smallest absolute Gasteiger partial charge is 0.216 e. The van der Waals surface area contributed by atoms with E-state index in [4.69, 9.17) is 9.40 Å². The summed E-state index contributed by atoms with van der Waals surface area (Å²) in [4.78, 5) is 13.5. The molecule has 0 unspecified atom stereocenters. The van der Waals surface area contributed by atoms with E-state index in [2.05, 4.69) is 84.5 Å². The van der Waals surface area contributed by atoms with Crippen molar-refractivity contribution in [2.24, 2.45) is 0 Å². The number of benzene rings is 4. The summed E-state index contributed by atoms with van der Waals surface area (Å²) in [6.07, 6.45) is 3.72. The maximum absolute atomic E-state index is 6.18. The Morgan fingerprint density at radius 3 is 2.33 bits per heavy atom. The predicted molar refractivity (Wildman–Crippen MR) is 179 cm³/mol.